The highest BCUT2D eigenvalue weighted by atomic mass is 16.7. The van der Waals surface area contributed by atoms with Gasteiger partial charge in [-0.1, -0.05) is 34.1 Å². The standard InChI is InChI=1S/C20H25N5O3.C2H6/c1-5-7-13(6-2)25-18-15(24(4)20(25)26)10-21-19(23-18)22-14-9-17-16(8-12(14)3)27-11-28-17;1-2/h8-10,13H,5-7,11H2,1-4H3,(H,21,22,23);1-2H3. The van der Waals surface area contributed by atoms with Crippen molar-refractivity contribution in [3.8, 4) is 11.5 Å². The largest absolute Gasteiger partial charge is 0.454 e. The van der Waals surface area contributed by atoms with Gasteiger partial charge in [0.05, 0.1) is 6.20 Å². The predicted octanol–water partition coefficient (Wildman–Crippen LogP) is 4.69. The highest BCUT2D eigenvalue weighted by molar-refractivity contribution is 5.73. The second-order valence-corrected chi connectivity index (χ2v) is 7.11. The molecular weight excluding hydrogens is 382 g/mol. The van der Waals surface area contributed by atoms with E-state index in [1.54, 1.807) is 22.4 Å². The number of aromatic nitrogens is 4. The van der Waals surface area contributed by atoms with Gasteiger partial charge in [-0.05, 0) is 31.4 Å². The summed E-state index contributed by atoms with van der Waals surface area (Å²) < 4.78 is 14.3. The minimum atomic E-state index is -0.0546. The van der Waals surface area contributed by atoms with Crippen LogP contribution < -0.4 is 20.5 Å². The van der Waals surface area contributed by atoms with Crippen molar-refractivity contribution in [2.24, 2.45) is 7.05 Å². The molecule has 0 aliphatic carbocycles. The summed E-state index contributed by atoms with van der Waals surface area (Å²) in [6, 6.07) is 3.93. The van der Waals surface area contributed by atoms with E-state index in [2.05, 4.69) is 29.1 Å². The Hall–Kier alpha value is -3.03. The van der Waals surface area contributed by atoms with Crippen LogP contribution in [0.2, 0.25) is 0 Å². The molecule has 1 aliphatic heterocycles. The topological polar surface area (TPSA) is 83.2 Å². The second-order valence-electron chi connectivity index (χ2n) is 7.11. The van der Waals surface area contributed by atoms with Crippen LogP contribution >= 0.6 is 0 Å². The van der Waals surface area contributed by atoms with Crippen LogP contribution in [0.4, 0.5) is 11.6 Å². The average molecular weight is 414 g/mol. The highest BCUT2D eigenvalue weighted by Gasteiger charge is 2.20. The monoisotopic (exact) mass is 413 g/mol. The molecule has 3 heterocycles. The minimum absolute atomic E-state index is 0.0546. The van der Waals surface area contributed by atoms with Gasteiger partial charge in [-0.15, -0.1) is 0 Å². The van der Waals surface area contributed by atoms with Crippen molar-refractivity contribution < 1.29 is 9.47 Å². The van der Waals surface area contributed by atoms with Gasteiger partial charge in [0.15, 0.2) is 17.1 Å². The maximum atomic E-state index is 12.8. The molecule has 0 saturated heterocycles. The molecule has 0 amide bonds. The van der Waals surface area contributed by atoms with E-state index in [1.165, 1.54) is 0 Å². The number of imidazole rings is 1. The minimum Gasteiger partial charge on any atom is -0.454 e. The fourth-order valence-electron chi connectivity index (χ4n) is 3.67. The summed E-state index contributed by atoms with van der Waals surface area (Å²) in [6.45, 7) is 10.4. The molecule has 1 atom stereocenters. The summed E-state index contributed by atoms with van der Waals surface area (Å²) >= 11 is 0. The first-order valence-electron chi connectivity index (χ1n) is 10.6. The summed E-state index contributed by atoms with van der Waals surface area (Å²) in [6.07, 6.45) is 4.52. The lowest BCUT2D eigenvalue weighted by Crippen LogP contribution is -2.26. The molecule has 0 spiro atoms. The number of ether oxygens (including phenoxy) is 2. The lowest BCUT2D eigenvalue weighted by Gasteiger charge is -2.15. The van der Waals surface area contributed by atoms with Crippen molar-refractivity contribution in [1.82, 2.24) is 19.1 Å². The van der Waals surface area contributed by atoms with Crippen molar-refractivity contribution in [3.05, 3.63) is 34.4 Å². The zero-order valence-electron chi connectivity index (χ0n) is 18.7. The zero-order chi connectivity index (χ0) is 21.8. The van der Waals surface area contributed by atoms with Gasteiger partial charge in [-0.25, -0.2) is 9.78 Å². The van der Waals surface area contributed by atoms with Gasteiger partial charge >= 0.3 is 5.69 Å². The highest BCUT2D eigenvalue weighted by Crippen LogP contribution is 2.37. The van der Waals surface area contributed by atoms with Crippen molar-refractivity contribution >= 4 is 22.8 Å². The van der Waals surface area contributed by atoms with Crippen LogP contribution in [0, 0.1) is 6.92 Å². The Balaban J connectivity index is 0.00000124. The van der Waals surface area contributed by atoms with Gasteiger partial charge in [0, 0.05) is 24.8 Å². The first kappa shape index (κ1) is 21.7. The Bertz CT molecular complexity index is 1090. The van der Waals surface area contributed by atoms with Crippen LogP contribution in [0.5, 0.6) is 11.5 Å². The van der Waals surface area contributed by atoms with Crippen LogP contribution in [0.3, 0.4) is 0 Å². The molecule has 3 aromatic rings. The summed E-state index contributed by atoms with van der Waals surface area (Å²) in [5.74, 6) is 1.88. The third kappa shape index (κ3) is 3.86. The van der Waals surface area contributed by atoms with Gasteiger partial charge in [0.1, 0.15) is 5.52 Å². The van der Waals surface area contributed by atoms with Gasteiger partial charge in [-0.3, -0.25) is 9.13 Å². The number of benzene rings is 1. The van der Waals surface area contributed by atoms with E-state index in [4.69, 9.17) is 9.47 Å². The summed E-state index contributed by atoms with van der Waals surface area (Å²) in [7, 11) is 1.76. The summed E-state index contributed by atoms with van der Waals surface area (Å²) in [5, 5.41) is 3.26. The van der Waals surface area contributed by atoms with E-state index >= 15 is 0 Å². The molecular formula is C22H31N5O3. The molecule has 8 nitrogen and oxygen atoms in total. The molecule has 1 unspecified atom stereocenters. The number of anilines is 2. The Morgan fingerprint density at radius 3 is 2.57 bits per heavy atom. The molecule has 1 N–H and O–H groups in total. The van der Waals surface area contributed by atoms with Crippen molar-refractivity contribution in [2.45, 2.75) is 59.9 Å². The fraction of sp³-hybridized carbons (Fsp3) is 0.500. The number of nitrogens with zero attached hydrogens (tertiary/aromatic N) is 4. The van der Waals surface area contributed by atoms with Crippen LogP contribution in [0.1, 0.15) is 58.6 Å². The van der Waals surface area contributed by atoms with Crippen LogP contribution in [0.15, 0.2) is 23.1 Å². The smallest absolute Gasteiger partial charge is 0.330 e. The van der Waals surface area contributed by atoms with Gasteiger partial charge in [0.25, 0.3) is 0 Å². The molecule has 1 aliphatic rings. The lowest BCUT2D eigenvalue weighted by molar-refractivity contribution is 0.174. The first-order valence-corrected chi connectivity index (χ1v) is 10.6. The van der Waals surface area contributed by atoms with Gasteiger partial charge in [0.2, 0.25) is 12.7 Å². The second kappa shape index (κ2) is 9.19. The van der Waals surface area contributed by atoms with Crippen LogP contribution in [-0.4, -0.2) is 25.9 Å². The lowest BCUT2D eigenvalue weighted by atomic mass is 10.1. The van der Waals surface area contributed by atoms with E-state index in [0.717, 1.165) is 41.8 Å². The molecule has 162 valence electrons. The Morgan fingerprint density at radius 1 is 1.20 bits per heavy atom. The number of nitrogens with one attached hydrogen (secondary N) is 1. The van der Waals surface area contributed by atoms with E-state index in [0.29, 0.717) is 17.3 Å². The number of hydrogen-bond donors (Lipinski definition) is 1. The number of rotatable bonds is 6. The van der Waals surface area contributed by atoms with E-state index in [-0.39, 0.29) is 18.5 Å². The quantitative estimate of drug-likeness (QED) is 0.631. The molecule has 8 heteroatoms. The van der Waals surface area contributed by atoms with E-state index < -0.39 is 0 Å². The predicted molar refractivity (Wildman–Crippen MR) is 119 cm³/mol. The Labute approximate surface area is 176 Å². The van der Waals surface area contributed by atoms with E-state index in [1.807, 2.05) is 32.9 Å². The number of fused-ring (bicyclic) bond motifs is 2. The Kier molecular flexibility index (Phi) is 6.64. The molecule has 0 radical (unpaired) electrons. The van der Waals surface area contributed by atoms with Crippen molar-refractivity contribution in [3.63, 3.8) is 0 Å². The summed E-state index contributed by atoms with van der Waals surface area (Å²) in [5.41, 5.74) is 3.17. The average Bonchev–Trinajstić information content (AvgIpc) is 3.30. The molecule has 30 heavy (non-hydrogen) atoms. The third-order valence-electron chi connectivity index (χ3n) is 5.26. The Morgan fingerprint density at radius 2 is 1.90 bits per heavy atom. The van der Waals surface area contributed by atoms with Gasteiger partial charge in [-0.2, -0.15) is 4.98 Å². The molecule has 0 saturated carbocycles. The summed E-state index contributed by atoms with van der Waals surface area (Å²) in [4.78, 5) is 21.9. The third-order valence-corrected chi connectivity index (χ3v) is 5.26. The SMILES string of the molecule is CC.CCCC(CC)n1c(=O)n(C)c2cnc(Nc3cc4c(cc3C)OCO4)nc21. The van der Waals surface area contributed by atoms with Crippen molar-refractivity contribution in [2.75, 3.05) is 12.1 Å². The first-order chi connectivity index (χ1) is 14.5. The van der Waals surface area contributed by atoms with E-state index in [9.17, 15) is 4.79 Å². The molecule has 4 rings (SSSR count). The normalized spacial score (nSPS) is 13.1. The number of aryl methyl sites for hydroxylation is 2. The van der Waals surface area contributed by atoms with Crippen LogP contribution in [-0.2, 0) is 7.05 Å². The number of hydrogen-bond acceptors (Lipinski definition) is 6. The fourth-order valence-corrected chi connectivity index (χ4v) is 3.67. The van der Waals surface area contributed by atoms with Crippen molar-refractivity contribution in [1.29, 1.82) is 0 Å². The maximum Gasteiger partial charge on any atom is 0.330 e. The zero-order valence-corrected chi connectivity index (χ0v) is 18.7. The molecule has 0 bridgehead atoms. The molecule has 1 aromatic carbocycles. The maximum absolute atomic E-state index is 12.8. The van der Waals surface area contributed by atoms with Crippen LogP contribution in [0.25, 0.3) is 11.2 Å². The molecule has 2 aromatic heterocycles. The molecule has 0 fully saturated rings. The van der Waals surface area contributed by atoms with Gasteiger partial charge < -0.3 is 14.8 Å².